The largest absolute Gasteiger partial charge is 0 e. The number of hydrogen-bond donors (Lipinski definition) is 0. The molecule has 0 unspecified atom stereocenters. The average molecular weight is 4010 g/mol. The van der Waals surface area contributed by atoms with Crippen LogP contribution in [-0.2, 0) is 1080 Å². The first-order valence-corrected chi connectivity index (χ1v) is 0. The normalized spacial score (nSPS) is 0. The van der Waals surface area contributed by atoms with Crippen molar-refractivity contribution in [1.82, 2.24) is 0 Å². The van der Waals surface area contributed by atoms with Gasteiger partial charge in [0.2, 0.25) is 0 Å². The minimum Gasteiger partial charge on any atom is 0 e. The molecule has 63 heavy (non-hydrogen) atoms. The van der Waals surface area contributed by atoms with E-state index in [4.69, 9.17) is 0 Å². The summed E-state index contributed by atoms with van der Waals surface area (Å²) in [5.41, 5.74) is 0. The van der Waals surface area contributed by atoms with Gasteiger partial charge in [-0.3, -0.25) is 0 Å². The molecule has 0 bridgehead atoms. The Morgan fingerprint density at radius 2 is 0.0317 bits per heavy atom. The Labute approximate surface area is 1060 Å². The SMILES string of the molecule is [Cu].[Cu].[Cu].[Cu].[Cu].[Cu].[Cu].[Cu].[Cu].[Cu].[Cu].[Cu].[Cu].[Cu].[Cu].[Cu].[Cu].[Cu].[Cu].[Cu].[Cu].[Cu].[Cu].[Cu].[Cu].[Cu].[Cu].[Cu].[Cu].[Cu].[Cu].[Cu].[Cu].[Cu].[Cu].[Cu].[Cu].[Cu].[Cu].[Cu].[Cu].[Cu].[Cu].[Cu].[Cu].[Cu].[Cu].[Cu].[Cu].[Cu].[Cu].[Cu].[Cu].[Cu].[Cu].[Cu].[Cu].[Cu].[Cu].[Zn].[Zn].[Zn].[Zn]. The maximum absolute atomic E-state index is 0. The molecule has 63 heteroatoms. The zero-order valence-corrected chi connectivity index (χ0v) is 88.0. The summed E-state index contributed by atoms with van der Waals surface area (Å²) < 4.78 is 0. The molecule has 0 aliphatic carbocycles. The summed E-state index contributed by atoms with van der Waals surface area (Å²) in [4.78, 5) is 0. The standard InChI is InChI=1S/59Cu.4Zn. The van der Waals surface area contributed by atoms with E-state index in [1.807, 2.05) is 0 Å². The van der Waals surface area contributed by atoms with Crippen LogP contribution in [0.4, 0.5) is 0 Å². The van der Waals surface area contributed by atoms with Crippen LogP contribution < -0.4 is 0 Å². The molecule has 0 heterocycles. The fourth-order valence-corrected chi connectivity index (χ4v) is 0. The summed E-state index contributed by atoms with van der Waals surface area (Å²) in [7, 11) is 0. The Balaban J connectivity index is 0. The summed E-state index contributed by atoms with van der Waals surface area (Å²) in [6.45, 7) is 0. The zero-order chi connectivity index (χ0) is 0. The number of rotatable bonds is 0. The summed E-state index contributed by atoms with van der Waals surface area (Å²) >= 11 is 0. The second-order valence-electron chi connectivity index (χ2n) is 0. The molecule has 0 saturated carbocycles. The molecule has 0 aliphatic heterocycles. The first kappa shape index (κ1) is 792. The first-order valence-electron chi connectivity index (χ1n) is 0. The molecule has 59 radical (unpaired) electrons. The Kier molecular flexibility index (Phi) is 9650. The third-order valence-corrected chi connectivity index (χ3v) is 0. The van der Waals surface area contributed by atoms with Gasteiger partial charge in [-0.25, -0.2) is 0 Å². The van der Waals surface area contributed by atoms with Crippen molar-refractivity contribution in [3.63, 3.8) is 0 Å². The second kappa shape index (κ2) is 768. The van der Waals surface area contributed by atoms with Gasteiger partial charge in [0.1, 0.15) is 0 Å². The molecule has 0 aromatic rings. The van der Waals surface area contributed by atoms with Crippen molar-refractivity contribution in [2.75, 3.05) is 0 Å². The van der Waals surface area contributed by atoms with Crippen LogP contribution in [0.3, 0.4) is 0 Å². The molecule has 657 valence electrons. The zero-order valence-electron chi connectivity index (χ0n) is 20.6. The van der Waals surface area contributed by atoms with Crippen LogP contribution in [-0.4, -0.2) is 0 Å². The van der Waals surface area contributed by atoms with Gasteiger partial charge >= 0.3 is 0 Å². The number of hydrogen-bond acceptors (Lipinski definition) is 0. The predicted molar refractivity (Wildman–Crippen MR) is 0 cm³/mol. The van der Waals surface area contributed by atoms with Gasteiger partial charge in [0.15, 0.2) is 0 Å². The monoisotopic (exact) mass is 3970 g/mol. The van der Waals surface area contributed by atoms with Gasteiger partial charge in [-0.15, -0.1) is 0 Å². The van der Waals surface area contributed by atoms with E-state index in [2.05, 4.69) is 0 Å². The molecule has 0 aromatic carbocycles. The quantitative estimate of drug-likeness (QED) is 0.297. The minimum absolute atomic E-state index is 0. The maximum Gasteiger partial charge on any atom is 0 e. The van der Waals surface area contributed by atoms with E-state index in [1.54, 1.807) is 0 Å². The Hall–Kier alpha value is 33.1. The molecule has 0 amide bonds. The first-order chi connectivity index (χ1) is 0. The fraction of sp³-hybridized carbons (Fsp3) is 0. The summed E-state index contributed by atoms with van der Waals surface area (Å²) in [6.07, 6.45) is 0. The summed E-state index contributed by atoms with van der Waals surface area (Å²) in [5, 5.41) is 0. The predicted octanol–water partition coefficient (Wildman–Crippen LogP) is -0.158. The van der Waals surface area contributed by atoms with Gasteiger partial charge in [-0.05, 0) is 0 Å². The third-order valence-electron chi connectivity index (χ3n) is 0. The molecular weight excluding hydrogens is 4010 g/mol. The average Bonchev–Trinajstić information content (AvgIpc) is 0. The molecule has 0 fully saturated rings. The molecule has 0 atom stereocenters. The van der Waals surface area contributed by atoms with Crippen molar-refractivity contribution in [3.05, 3.63) is 0 Å². The smallest absolute Gasteiger partial charge is 0 e. The molecular formula is Cu59Zn4. The van der Waals surface area contributed by atoms with E-state index < -0.39 is 0 Å². The van der Waals surface area contributed by atoms with Crippen molar-refractivity contribution in [2.45, 2.75) is 0 Å². The van der Waals surface area contributed by atoms with Crippen LogP contribution in [0, 0.1) is 0 Å². The van der Waals surface area contributed by atoms with E-state index in [-0.39, 0.29) is 1080 Å². The Morgan fingerprint density at radius 3 is 0.0317 bits per heavy atom. The summed E-state index contributed by atoms with van der Waals surface area (Å²) in [5.74, 6) is 0. The van der Waals surface area contributed by atoms with E-state index in [0.717, 1.165) is 0 Å². The van der Waals surface area contributed by atoms with Crippen molar-refractivity contribution in [2.24, 2.45) is 0 Å². The second-order valence-corrected chi connectivity index (χ2v) is 0. The molecule has 0 aromatic heterocycles. The molecule has 0 spiro atoms. The van der Waals surface area contributed by atoms with Crippen molar-refractivity contribution in [1.29, 1.82) is 0 Å². The van der Waals surface area contributed by atoms with Gasteiger partial charge in [0.25, 0.3) is 0 Å². The van der Waals surface area contributed by atoms with E-state index in [9.17, 15) is 0 Å². The maximum atomic E-state index is 0. The van der Waals surface area contributed by atoms with Crippen molar-refractivity contribution in [3.8, 4) is 0 Å². The topological polar surface area (TPSA) is 0 Å². The summed E-state index contributed by atoms with van der Waals surface area (Å²) in [6, 6.07) is 0. The van der Waals surface area contributed by atoms with Crippen molar-refractivity contribution >= 4 is 0 Å². The molecule has 0 aliphatic rings. The van der Waals surface area contributed by atoms with Gasteiger partial charge in [-0.1, -0.05) is 0 Å². The fourth-order valence-electron chi connectivity index (χ4n) is 0. The van der Waals surface area contributed by atoms with Crippen LogP contribution in [0.15, 0.2) is 0 Å². The van der Waals surface area contributed by atoms with E-state index in [0.29, 0.717) is 0 Å². The van der Waals surface area contributed by atoms with Gasteiger partial charge in [0, 0.05) is 1080 Å². The Morgan fingerprint density at radius 1 is 0.0317 bits per heavy atom. The van der Waals surface area contributed by atoms with Crippen LogP contribution in [0.5, 0.6) is 0 Å². The van der Waals surface area contributed by atoms with Gasteiger partial charge in [-0.2, -0.15) is 0 Å². The molecule has 0 nitrogen and oxygen atoms in total. The minimum atomic E-state index is 0. The van der Waals surface area contributed by atoms with Crippen LogP contribution >= 0.6 is 0 Å². The third kappa shape index (κ3) is 751. The van der Waals surface area contributed by atoms with Crippen LogP contribution in [0.25, 0.3) is 0 Å². The van der Waals surface area contributed by atoms with Crippen LogP contribution in [0.1, 0.15) is 0 Å². The molecule has 0 saturated heterocycles. The van der Waals surface area contributed by atoms with Gasteiger partial charge < -0.3 is 0 Å². The van der Waals surface area contributed by atoms with Crippen LogP contribution in [0.2, 0.25) is 0 Å². The Bertz CT molecular complexity index is 21.5. The molecule has 0 N–H and O–H groups in total. The van der Waals surface area contributed by atoms with Gasteiger partial charge in [0.05, 0.1) is 0 Å². The van der Waals surface area contributed by atoms with Crippen molar-refractivity contribution < 1.29 is 1080 Å². The molecule has 0 rings (SSSR count). The van der Waals surface area contributed by atoms with E-state index in [1.165, 1.54) is 0 Å². The van der Waals surface area contributed by atoms with E-state index >= 15 is 0 Å².